The first-order valence-corrected chi connectivity index (χ1v) is 8.86. The molecule has 4 rings (SSSR count). The van der Waals surface area contributed by atoms with Crippen LogP contribution in [0.1, 0.15) is 4.88 Å². The Balaban J connectivity index is 1.44. The molecule has 0 atom stereocenters. The molecule has 0 fully saturated rings. The number of hydrogen-bond donors (Lipinski definition) is 1. The van der Waals surface area contributed by atoms with Crippen LogP contribution in [-0.2, 0) is 4.79 Å². The number of para-hydroxylation sites is 1. The number of anilines is 1. The molecule has 3 aromatic rings. The predicted octanol–water partition coefficient (Wildman–Crippen LogP) is 3.86. The number of hydrogen-bond acceptors (Lipinski definition) is 6. The lowest BCUT2D eigenvalue weighted by Crippen LogP contribution is -2.20. The van der Waals surface area contributed by atoms with Crippen LogP contribution in [0.2, 0.25) is 0 Å². The minimum atomic E-state index is -0.250. The van der Waals surface area contributed by atoms with Gasteiger partial charge in [-0.15, -0.1) is 11.3 Å². The van der Waals surface area contributed by atoms with E-state index in [0.717, 1.165) is 21.9 Å². The average Bonchev–Trinajstić information content (AvgIpc) is 3.26. The Hall–Kier alpha value is -3.06. The Morgan fingerprint density at radius 2 is 2.00 bits per heavy atom. The van der Waals surface area contributed by atoms with Crippen LogP contribution in [0.3, 0.4) is 0 Å². The average molecular weight is 368 g/mol. The van der Waals surface area contributed by atoms with Gasteiger partial charge in [0.25, 0.3) is 5.91 Å². The van der Waals surface area contributed by atoms with Gasteiger partial charge in [-0.25, -0.2) is 4.98 Å². The SMILES string of the molecule is Cc1sc(NC(=O)COc2ccccc2)nc1-c1ccc2c(c1)OCO2. The summed E-state index contributed by atoms with van der Waals surface area (Å²) in [6.45, 7) is 2.13. The van der Waals surface area contributed by atoms with Crippen LogP contribution in [0, 0.1) is 6.92 Å². The van der Waals surface area contributed by atoms with Crippen molar-refractivity contribution >= 4 is 22.4 Å². The lowest BCUT2D eigenvalue weighted by molar-refractivity contribution is -0.118. The third-order valence-electron chi connectivity index (χ3n) is 3.80. The van der Waals surface area contributed by atoms with Gasteiger partial charge < -0.3 is 14.2 Å². The van der Waals surface area contributed by atoms with Crippen molar-refractivity contribution in [3.05, 3.63) is 53.4 Å². The molecule has 1 amide bonds. The number of carbonyl (C=O) groups is 1. The number of amides is 1. The number of benzene rings is 2. The Morgan fingerprint density at radius 1 is 1.19 bits per heavy atom. The van der Waals surface area contributed by atoms with Gasteiger partial charge in [0.05, 0.1) is 5.69 Å². The number of aryl methyl sites for hydroxylation is 1. The Bertz CT molecular complexity index is 940. The third-order valence-corrected chi connectivity index (χ3v) is 4.69. The highest BCUT2D eigenvalue weighted by molar-refractivity contribution is 7.16. The zero-order valence-electron chi connectivity index (χ0n) is 14.0. The number of rotatable bonds is 5. The second-order valence-corrected chi connectivity index (χ2v) is 6.84. The van der Waals surface area contributed by atoms with Gasteiger partial charge >= 0.3 is 0 Å². The summed E-state index contributed by atoms with van der Waals surface area (Å²) in [4.78, 5) is 17.6. The van der Waals surface area contributed by atoms with Crippen LogP contribution in [0.5, 0.6) is 17.2 Å². The van der Waals surface area contributed by atoms with Gasteiger partial charge in [-0.3, -0.25) is 10.1 Å². The molecule has 26 heavy (non-hydrogen) atoms. The standard InChI is InChI=1S/C19H16N2O4S/c1-12-18(13-7-8-15-16(9-13)25-11-24-15)21-19(26-12)20-17(22)10-23-14-5-3-2-4-6-14/h2-9H,10-11H2,1H3,(H,20,21,22). The van der Waals surface area contributed by atoms with Gasteiger partial charge in [0, 0.05) is 10.4 Å². The highest BCUT2D eigenvalue weighted by atomic mass is 32.1. The molecule has 1 aliphatic rings. The molecule has 132 valence electrons. The van der Waals surface area contributed by atoms with E-state index >= 15 is 0 Å². The topological polar surface area (TPSA) is 69.7 Å². The van der Waals surface area contributed by atoms with Crippen molar-refractivity contribution in [2.45, 2.75) is 6.92 Å². The minimum absolute atomic E-state index is 0.0675. The molecule has 1 aromatic heterocycles. The van der Waals surface area contributed by atoms with E-state index in [4.69, 9.17) is 14.2 Å². The van der Waals surface area contributed by atoms with Crippen LogP contribution in [0.15, 0.2) is 48.5 Å². The second kappa shape index (κ2) is 7.05. The predicted molar refractivity (Wildman–Crippen MR) is 99.0 cm³/mol. The fraction of sp³-hybridized carbons (Fsp3) is 0.158. The molecular formula is C19H16N2O4S. The molecular weight excluding hydrogens is 352 g/mol. The van der Waals surface area contributed by atoms with Crippen molar-refractivity contribution in [1.29, 1.82) is 0 Å². The number of nitrogens with zero attached hydrogens (tertiary/aromatic N) is 1. The zero-order valence-corrected chi connectivity index (χ0v) is 14.8. The molecule has 0 spiro atoms. The highest BCUT2D eigenvalue weighted by Gasteiger charge is 2.17. The lowest BCUT2D eigenvalue weighted by atomic mass is 10.1. The van der Waals surface area contributed by atoms with Crippen LogP contribution in [0.25, 0.3) is 11.3 Å². The van der Waals surface area contributed by atoms with Gasteiger partial charge in [0.2, 0.25) is 6.79 Å². The normalized spacial score (nSPS) is 12.0. The molecule has 0 saturated heterocycles. The largest absolute Gasteiger partial charge is 0.484 e. The molecule has 0 bridgehead atoms. The first kappa shape index (κ1) is 16.4. The van der Waals surface area contributed by atoms with Crippen molar-refractivity contribution in [3.8, 4) is 28.5 Å². The monoisotopic (exact) mass is 368 g/mol. The first-order valence-electron chi connectivity index (χ1n) is 8.04. The molecule has 6 nitrogen and oxygen atoms in total. The zero-order chi connectivity index (χ0) is 17.9. The summed E-state index contributed by atoms with van der Waals surface area (Å²) >= 11 is 1.42. The van der Waals surface area contributed by atoms with E-state index in [1.54, 1.807) is 12.1 Å². The number of thiazole rings is 1. The van der Waals surface area contributed by atoms with Crippen molar-refractivity contribution in [2.75, 3.05) is 18.7 Å². The first-order chi connectivity index (χ1) is 12.7. The molecule has 0 unspecified atom stereocenters. The van der Waals surface area contributed by atoms with E-state index in [0.29, 0.717) is 16.6 Å². The quantitative estimate of drug-likeness (QED) is 0.740. The van der Waals surface area contributed by atoms with Crippen molar-refractivity contribution < 1.29 is 19.0 Å². The minimum Gasteiger partial charge on any atom is -0.484 e. The maximum Gasteiger partial charge on any atom is 0.264 e. The molecule has 0 saturated carbocycles. The summed E-state index contributed by atoms with van der Waals surface area (Å²) in [6.07, 6.45) is 0. The van der Waals surface area contributed by atoms with Crippen LogP contribution in [0.4, 0.5) is 5.13 Å². The summed E-state index contributed by atoms with van der Waals surface area (Å²) in [7, 11) is 0. The van der Waals surface area contributed by atoms with Gasteiger partial charge in [-0.05, 0) is 37.3 Å². The number of carbonyl (C=O) groups excluding carboxylic acids is 1. The lowest BCUT2D eigenvalue weighted by Gasteiger charge is -2.05. The molecule has 7 heteroatoms. The number of fused-ring (bicyclic) bond motifs is 1. The van der Waals surface area contributed by atoms with E-state index < -0.39 is 0 Å². The molecule has 0 radical (unpaired) electrons. The summed E-state index contributed by atoms with van der Waals surface area (Å²) in [5.41, 5.74) is 1.73. The summed E-state index contributed by atoms with van der Waals surface area (Å²) in [5.74, 6) is 1.84. The van der Waals surface area contributed by atoms with Crippen molar-refractivity contribution in [1.82, 2.24) is 4.98 Å². The number of aromatic nitrogens is 1. The van der Waals surface area contributed by atoms with E-state index in [9.17, 15) is 4.79 Å². The molecule has 1 aliphatic heterocycles. The molecule has 1 N–H and O–H groups in total. The third kappa shape index (κ3) is 3.48. The van der Waals surface area contributed by atoms with Crippen LogP contribution < -0.4 is 19.5 Å². The van der Waals surface area contributed by atoms with Crippen LogP contribution in [-0.4, -0.2) is 24.3 Å². The van der Waals surface area contributed by atoms with Gasteiger partial charge in [0.1, 0.15) is 5.75 Å². The Morgan fingerprint density at radius 3 is 2.85 bits per heavy atom. The maximum absolute atomic E-state index is 12.1. The summed E-state index contributed by atoms with van der Waals surface area (Å²) in [6, 6.07) is 14.9. The van der Waals surface area contributed by atoms with E-state index in [2.05, 4.69) is 10.3 Å². The van der Waals surface area contributed by atoms with E-state index in [-0.39, 0.29) is 19.3 Å². The Labute approximate surface area is 154 Å². The number of nitrogens with one attached hydrogen (secondary N) is 1. The summed E-state index contributed by atoms with van der Waals surface area (Å²) < 4.78 is 16.2. The smallest absolute Gasteiger partial charge is 0.264 e. The van der Waals surface area contributed by atoms with Gasteiger partial charge in [-0.2, -0.15) is 0 Å². The maximum atomic E-state index is 12.1. The number of ether oxygens (including phenoxy) is 3. The second-order valence-electron chi connectivity index (χ2n) is 5.64. The van der Waals surface area contributed by atoms with E-state index in [1.165, 1.54) is 11.3 Å². The van der Waals surface area contributed by atoms with E-state index in [1.807, 2.05) is 43.3 Å². The fourth-order valence-electron chi connectivity index (χ4n) is 2.58. The van der Waals surface area contributed by atoms with Gasteiger partial charge in [0.15, 0.2) is 23.2 Å². The molecule has 2 aromatic carbocycles. The fourth-order valence-corrected chi connectivity index (χ4v) is 3.43. The summed E-state index contributed by atoms with van der Waals surface area (Å²) in [5, 5.41) is 3.32. The van der Waals surface area contributed by atoms with Crippen molar-refractivity contribution in [2.24, 2.45) is 0 Å². The molecule has 0 aliphatic carbocycles. The van der Waals surface area contributed by atoms with Crippen LogP contribution >= 0.6 is 11.3 Å². The highest BCUT2D eigenvalue weighted by Crippen LogP contribution is 2.38. The van der Waals surface area contributed by atoms with Gasteiger partial charge in [-0.1, -0.05) is 18.2 Å². The van der Waals surface area contributed by atoms with Crippen molar-refractivity contribution in [3.63, 3.8) is 0 Å². The molecule has 2 heterocycles. The Kier molecular flexibility index (Phi) is 4.45.